The van der Waals surface area contributed by atoms with E-state index in [2.05, 4.69) is 4.98 Å². The van der Waals surface area contributed by atoms with Gasteiger partial charge in [0, 0.05) is 6.20 Å². The Morgan fingerprint density at radius 2 is 2.36 bits per heavy atom. The second kappa shape index (κ2) is 2.69. The average Bonchev–Trinajstić information content (AvgIpc) is 1.94. The SMILES string of the molecule is [B]c1cnc(F)c(C(=O)O)c1. The number of carbonyl (C=O) groups is 1. The normalized spacial score (nSPS) is 9.55. The molecule has 0 atom stereocenters. The zero-order valence-electron chi connectivity index (χ0n) is 5.41. The summed E-state index contributed by atoms with van der Waals surface area (Å²) in [4.78, 5) is 13.4. The molecule has 0 saturated heterocycles. The predicted octanol–water partition coefficient (Wildman–Crippen LogP) is -0.287. The Labute approximate surface area is 63.3 Å². The minimum Gasteiger partial charge on any atom is -0.478 e. The van der Waals surface area contributed by atoms with Gasteiger partial charge in [0.15, 0.2) is 0 Å². The molecule has 0 amide bonds. The first-order valence-corrected chi connectivity index (χ1v) is 2.75. The van der Waals surface area contributed by atoms with E-state index in [0.717, 1.165) is 12.3 Å². The largest absolute Gasteiger partial charge is 0.478 e. The Morgan fingerprint density at radius 1 is 1.73 bits per heavy atom. The van der Waals surface area contributed by atoms with Gasteiger partial charge in [-0.05, 0) is 6.07 Å². The summed E-state index contributed by atoms with van der Waals surface area (Å²) in [6.45, 7) is 0. The highest BCUT2D eigenvalue weighted by Crippen LogP contribution is 1.99. The first-order chi connectivity index (χ1) is 5.11. The lowest BCUT2D eigenvalue weighted by atomic mass is 9.97. The van der Waals surface area contributed by atoms with Gasteiger partial charge in [-0.2, -0.15) is 4.39 Å². The molecule has 0 saturated carbocycles. The molecule has 0 unspecified atom stereocenters. The Kier molecular flexibility index (Phi) is 1.89. The van der Waals surface area contributed by atoms with E-state index in [1.807, 2.05) is 0 Å². The molecule has 1 heterocycles. The molecule has 0 aliphatic rings. The van der Waals surface area contributed by atoms with Crippen LogP contribution >= 0.6 is 0 Å². The first-order valence-electron chi connectivity index (χ1n) is 2.75. The highest BCUT2D eigenvalue weighted by molar-refractivity contribution is 6.32. The van der Waals surface area contributed by atoms with Gasteiger partial charge in [0.2, 0.25) is 5.95 Å². The summed E-state index contributed by atoms with van der Waals surface area (Å²) in [7, 11) is 5.17. The zero-order chi connectivity index (χ0) is 8.43. The summed E-state index contributed by atoms with van der Waals surface area (Å²) in [6, 6.07) is 1.02. The Bertz CT molecular complexity index is 303. The molecule has 1 aromatic heterocycles. The van der Waals surface area contributed by atoms with Crippen molar-refractivity contribution >= 4 is 19.3 Å². The van der Waals surface area contributed by atoms with Gasteiger partial charge >= 0.3 is 5.97 Å². The summed E-state index contributed by atoms with van der Waals surface area (Å²) in [5, 5.41) is 8.35. The Morgan fingerprint density at radius 3 is 2.82 bits per heavy atom. The maximum atomic E-state index is 12.5. The van der Waals surface area contributed by atoms with Gasteiger partial charge in [-0.15, -0.1) is 0 Å². The van der Waals surface area contributed by atoms with Gasteiger partial charge < -0.3 is 5.11 Å². The van der Waals surface area contributed by atoms with E-state index in [1.165, 1.54) is 0 Å². The van der Waals surface area contributed by atoms with E-state index >= 15 is 0 Å². The van der Waals surface area contributed by atoms with Gasteiger partial charge in [0.1, 0.15) is 13.4 Å². The van der Waals surface area contributed by atoms with Crippen molar-refractivity contribution in [3.05, 3.63) is 23.8 Å². The molecule has 0 aliphatic carbocycles. The third-order valence-corrected chi connectivity index (χ3v) is 1.09. The molecule has 54 valence electrons. The van der Waals surface area contributed by atoms with Crippen LogP contribution < -0.4 is 5.46 Å². The van der Waals surface area contributed by atoms with Crippen molar-refractivity contribution in [2.45, 2.75) is 0 Å². The molecule has 1 aromatic rings. The van der Waals surface area contributed by atoms with E-state index in [9.17, 15) is 9.18 Å². The highest BCUT2D eigenvalue weighted by Gasteiger charge is 2.09. The fourth-order valence-electron chi connectivity index (χ4n) is 0.614. The monoisotopic (exact) mass is 151 g/mol. The molecule has 5 heteroatoms. The van der Waals surface area contributed by atoms with Crippen molar-refractivity contribution < 1.29 is 14.3 Å². The standard InChI is InChI=1S/C6H3BFNO2/c7-3-1-4(6(10)11)5(8)9-2-3/h1-2H,(H,10,11). The molecular formula is C6H3BFNO2. The summed E-state index contributed by atoms with van der Waals surface area (Å²) in [6.07, 6.45) is 1.06. The van der Waals surface area contributed by atoms with Gasteiger partial charge in [-0.3, -0.25) is 0 Å². The summed E-state index contributed by atoms with van der Waals surface area (Å²) in [5.41, 5.74) is -0.381. The molecule has 0 aliphatic heterocycles. The number of carboxylic acids is 1. The van der Waals surface area contributed by atoms with Crippen LogP contribution in [0.2, 0.25) is 0 Å². The van der Waals surface area contributed by atoms with E-state index in [0.29, 0.717) is 0 Å². The smallest absolute Gasteiger partial charge is 0.340 e. The number of hydrogen-bond donors (Lipinski definition) is 1. The second-order valence-electron chi connectivity index (χ2n) is 1.91. The van der Waals surface area contributed by atoms with Crippen molar-refractivity contribution in [3.63, 3.8) is 0 Å². The summed E-state index contributed by atoms with van der Waals surface area (Å²) in [5.74, 6) is -2.39. The number of hydrogen-bond acceptors (Lipinski definition) is 2. The lowest BCUT2D eigenvalue weighted by Crippen LogP contribution is -2.11. The van der Waals surface area contributed by atoms with Crippen LogP contribution in [0.5, 0.6) is 0 Å². The fourth-order valence-corrected chi connectivity index (χ4v) is 0.614. The number of pyridine rings is 1. The van der Waals surface area contributed by atoms with E-state index in [4.69, 9.17) is 13.0 Å². The third kappa shape index (κ3) is 1.55. The van der Waals surface area contributed by atoms with E-state index < -0.39 is 17.5 Å². The fraction of sp³-hybridized carbons (Fsp3) is 0. The number of aromatic nitrogens is 1. The molecule has 11 heavy (non-hydrogen) atoms. The number of carboxylic acid groups (broad SMARTS) is 1. The Hall–Kier alpha value is -1.39. The molecule has 2 radical (unpaired) electrons. The van der Waals surface area contributed by atoms with Crippen LogP contribution in [0.1, 0.15) is 10.4 Å². The van der Waals surface area contributed by atoms with Crippen molar-refractivity contribution in [2.75, 3.05) is 0 Å². The van der Waals surface area contributed by atoms with Crippen molar-refractivity contribution in [1.82, 2.24) is 4.98 Å². The first kappa shape index (κ1) is 7.72. The van der Waals surface area contributed by atoms with Crippen LogP contribution in [0.3, 0.4) is 0 Å². The number of halogens is 1. The van der Waals surface area contributed by atoms with Crippen molar-refractivity contribution in [1.29, 1.82) is 0 Å². The molecule has 0 spiro atoms. The van der Waals surface area contributed by atoms with Crippen LogP contribution in [-0.2, 0) is 0 Å². The van der Waals surface area contributed by atoms with Crippen molar-refractivity contribution in [2.24, 2.45) is 0 Å². The lowest BCUT2D eigenvalue weighted by Gasteiger charge is -1.96. The lowest BCUT2D eigenvalue weighted by molar-refractivity contribution is 0.0691. The van der Waals surface area contributed by atoms with E-state index in [-0.39, 0.29) is 5.46 Å². The molecule has 3 nitrogen and oxygen atoms in total. The van der Waals surface area contributed by atoms with E-state index in [1.54, 1.807) is 0 Å². The molecule has 0 fully saturated rings. The van der Waals surface area contributed by atoms with Gasteiger partial charge in [-0.25, -0.2) is 9.78 Å². The van der Waals surface area contributed by atoms with Crippen LogP contribution in [0, 0.1) is 5.95 Å². The Balaban J connectivity index is 3.23. The molecule has 1 N–H and O–H groups in total. The van der Waals surface area contributed by atoms with Crippen LogP contribution in [0.15, 0.2) is 12.3 Å². The third-order valence-electron chi connectivity index (χ3n) is 1.09. The topological polar surface area (TPSA) is 50.2 Å². The summed E-state index contributed by atoms with van der Waals surface area (Å²) >= 11 is 0. The van der Waals surface area contributed by atoms with Crippen LogP contribution in [-0.4, -0.2) is 23.9 Å². The average molecular weight is 151 g/mol. The van der Waals surface area contributed by atoms with Crippen LogP contribution in [0.25, 0.3) is 0 Å². The van der Waals surface area contributed by atoms with Gasteiger partial charge in [-0.1, -0.05) is 5.46 Å². The maximum absolute atomic E-state index is 12.5. The molecule has 0 aromatic carbocycles. The number of nitrogens with zero attached hydrogens (tertiary/aromatic N) is 1. The minimum atomic E-state index is -1.37. The number of aromatic carboxylic acids is 1. The summed E-state index contributed by atoms with van der Waals surface area (Å²) < 4.78 is 12.5. The second-order valence-corrected chi connectivity index (χ2v) is 1.91. The zero-order valence-corrected chi connectivity index (χ0v) is 5.41. The van der Waals surface area contributed by atoms with Crippen molar-refractivity contribution in [3.8, 4) is 0 Å². The number of rotatable bonds is 1. The molecular weight excluding hydrogens is 148 g/mol. The van der Waals surface area contributed by atoms with Crippen LogP contribution in [0.4, 0.5) is 4.39 Å². The molecule has 1 rings (SSSR count). The predicted molar refractivity (Wildman–Crippen MR) is 36.5 cm³/mol. The van der Waals surface area contributed by atoms with Gasteiger partial charge in [0.25, 0.3) is 0 Å². The molecule has 0 bridgehead atoms. The highest BCUT2D eigenvalue weighted by atomic mass is 19.1. The minimum absolute atomic E-state index is 0.129. The maximum Gasteiger partial charge on any atom is 0.340 e. The quantitative estimate of drug-likeness (QED) is 0.443. The van der Waals surface area contributed by atoms with Gasteiger partial charge in [0.05, 0.1) is 0 Å².